The Morgan fingerprint density at radius 1 is 0.508 bits per heavy atom. The van der Waals surface area contributed by atoms with Crippen molar-refractivity contribution in [2.24, 2.45) is 0 Å². The van der Waals surface area contributed by atoms with Crippen molar-refractivity contribution in [2.45, 2.75) is 32.6 Å². The first-order valence-corrected chi connectivity index (χ1v) is 24.1. The number of thioether (sulfide) groups is 1. The Bertz CT molecular complexity index is 2910. The number of hydrogen-bond acceptors (Lipinski definition) is 4. The number of hydrogen-bond donors (Lipinski definition) is 0. The van der Waals surface area contributed by atoms with E-state index in [0.29, 0.717) is 0 Å². The van der Waals surface area contributed by atoms with Crippen molar-refractivity contribution >= 4 is 72.9 Å². The summed E-state index contributed by atoms with van der Waals surface area (Å²) in [6.07, 6.45) is 5.65. The third-order valence-electron chi connectivity index (χ3n) is 10.9. The summed E-state index contributed by atoms with van der Waals surface area (Å²) in [6, 6.07) is 73.6. The van der Waals surface area contributed by atoms with Crippen LogP contribution in [0.3, 0.4) is 0 Å². The van der Waals surface area contributed by atoms with Gasteiger partial charge in [-0.05, 0) is 153 Å². The van der Waals surface area contributed by atoms with Gasteiger partial charge in [0.05, 0.1) is 0 Å². The van der Waals surface area contributed by atoms with Gasteiger partial charge in [0.2, 0.25) is 0 Å². The average Bonchev–Trinajstić information content (AvgIpc) is 3.85. The van der Waals surface area contributed by atoms with Gasteiger partial charge in [-0.3, -0.25) is 0 Å². The van der Waals surface area contributed by atoms with E-state index in [4.69, 9.17) is 0 Å². The van der Waals surface area contributed by atoms with Gasteiger partial charge in [0.25, 0.3) is 0 Å². The van der Waals surface area contributed by atoms with Gasteiger partial charge in [0.15, 0.2) is 0 Å². The second-order valence-electron chi connectivity index (χ2n) is 15.0. The molecule has 2 nitrogen and oxygen atoms in total. The molecule has 0 fully saturated rings. The Kier molecular flexibility index (Phi) is 16.2. The molecule has 322 valence electrons. The third kappa shape index (κ3) is 11.3. The molecule has 0 bridgehead atoms. The molecule has 1 aromatic heterocycles. The van der Waals surface area contributed by atoms with Gasteiger partial charge in [-0.25, -0.2) is 0 Å². The monoisotopic (exact) mass is 880 g/mol. The molecule has 0 aliphatic heterocycles. The van der Waals surface area contributed by atoms with Crippen LogP contribution in [0.25, 0.3) is 37.9 Å². The SMILES string of the molecule is C=C/C=C(\C=C)c1ccc(N(c2ccc(-c3ccccc3)cc2)c2ccc(-c3ccc(N(c4ccccc4)c4ccc5sccc5c4)cc3)cc2)cc1.CC.CCSc1ccccc1C. The normalized spacial score (nSPS) is 10.8. The Balaban J connectivity index is 0.000000461. The summed E-state index contributed by atoms with van der Waals surface area (Å²) in [4.78, 5) is 6.03. The van der Waals surface area contributed by atoms with Crippen molar-refractivity contribution in [3.63, 3.8) is 0 Å². The fourth-order valence-electron chi connectivity index (χ4n) is 7.69. The van der Waals surface area contributed by atoms with Crippen LogP contribution in [0.1, 0.15) is 31.9 Å². The molecule has 9 aromatic rings. The molecule has 0 aliphatic carbocycles. The van der Waals surface area contributed by atoms with Crippen LogP contribution in [0.5, 0.6) is 0 Å². The predicted molar refractivity (Wildman–Crippen MR) is 289 cm³/mol. The molecular weight excluding hydrogens is 825 g/mol. The maximum Gasteiger partial charge on any atom is 0.0468 e. The molecule has 0 unspecified atom stereocenters. The molecule has 1 heterocycles. The van der Waals surface area contributed by atoms with Gasteiger partial charge in [0, 0.05) is 43.7 Å². The van der Waals surface area contributed by atoms with Crippen molar-refractivity contribution in [2.75, 3.05) is 15.6 Å². The minimum Gasteiger partial charge on any atom is -0.311 e. The number of anilines is 6. The lowest BCUT2D eigenvalue weighted by Crippen LogP contribution is -2.10. The van der Waals surface area contributed by atoms with Gasteiger partial charge in [-0.15, -0.1) is 23.1 Å². The van der Waals surface area contributed by atoms with Crippen molar-refractivity contribution < 1.29 is 0 Å². The second kappa shape index (κ2) is 23.0. The molecule has 0 aliphatic rings. The highest BCUT2D eigenvalue weighted by atomic mass is 32.2. The van der Waals surface area contributed by atoms with Crippen molar-refractivity contribution in [1.82, 2.24) is 0 Å². The van der Waals surface area contributed by atoms with E-state index in [2.05, 4.69) is 248 Å². The number of allylic oxidation sites excluding steroid dienone is 4. The quantitative estimate of drug-likeness (QED) is 0.0841. The minimum absolute atomic E-state index is 1.04. The third-order valence-corrected chi connectivity index (χ3v) is 12.9. The predicted octanol–water partition coefficient (Wildman–Crippen LogP) is 19.1. The number of rotatable bonds is 13. The smallest absolute Gasteiger partial charge is 0.0468 e. The van der Waals surface area contributed by atoms with Gasteiger partial charge < -0.3 is 9.80 Å². The Labute approximate surface area is 395 Å². The number of thiophene rings is 1. The molecule has 0 spiro atoms. The second-order valence-corrected chi connectivity index (χ2v) is 17.2. The molecule has 0 saturated carbocycles. The van der Waals surface area contributed by atoms with Crippen LogP contribution in [0.4, 0.5) is 34.1 Å². The summed E-state index contributed by atoms with van der Waals surface area (Å²) in [5.41, 5.74) is 14.8. The van der Waals surface area contributed by atoms with Crippen LogP contribution in [0.15, 0.2) is 248 Å². The molecule has 0 saturated heterocycles. The summed E-state index contributed by atoms with van der Waals surface area (Å²) >= 11 is 3.67. The fraction of sp³-hybridized carbons (Fsp3) is 0.0820. The molecule has 9 rings (SSSR count). The fourth-order valence-corrected chi connectivity index (χ4v) is 9.24. The lowest BCUT2D eigenvalue weighted by Gasteiger charge is -2.26. The Morgan fingerprint density at radius 2 is 0.954 bits per heavy atom. The van der Waals surface area contributed by atoms with Crippen LogP contribution in [-0.2, 0) is 0 Å². The number of nitrogens with zero attached hydrogens (tertiary/aromatic N) is 2. The van der Waals surface area contributed by atoms with Crippen molar-refractivity contribution in [3.05, 3.63) is 254 Å². The Morgan fingerprint density at radius 3 is 1.46 bits per heavy atom. The molecule has 0 amide bonds. The molecule has 0 N–H and O–H groups in total. The van der Waals surface area contributed by atoms with E-state index < -0.39 is 0 Å². The van der Waals surface area contributed by atoms with Crippen LogP contribution < -0.4 is 9.80 Å². The zero-order chi connectivity index (χ0) is 45.4. The van der Waals surface area contributed by atoms with Crippen LogP contribution in [0, 0.1) is 6.92 Å². The first kappa shape index (κ1) is 45.9. The van der Waals surface area contributed by atoms with Gasteiger partial charge in [-0.2, -0.15) is 0 Å². The summed E-state index contributed by atoms with van der Waals surface area (Å²) in [6.45, 7) is 16.2. The zero-order valence-corrected chi connectivity index (χ0v) is 39.4. The number of fused-ring (bicyclic) bond motifs is 1. The average molecular weight is 881 g/mol. The van der Waals surface area contributed by atoms with Crippen LogP contribution in [-0.4, -0.2) is 5.75 Å². The maximum absolute atomic E-state index is 4.00. The molecule has 0 atom stereocenters. The van der Waals surface area contributed by atoms with Crippen LogP contribution >= 0.6 is 23.1 Å². The highest BCUT2D eigenvalue weighted by Crippen LogP contribution is 2.40. The zero-order valence-electron chi connectivity index (χ0n) is 37.8. The summed E-state index contributed by atoms with van der Waals surface area (Å²) < 4.78 is 1.29. The molecule has 0 radical (unpaired) electrons. The lowest BCUT2D eigenvalue weighted by atomic mass is 10.0. The van der Waals surface area contributed by atoms with Gasteiger partial charge in [0.1, 0.15) is 0 Å². The first-order valence-electron chi connectivity index (χ1n) is 22.3. The highest BCUT2D eigenvalue weighted by molar-refractivity contribution is 7.99. The van der Waals surface area contributed by atoms with E-state index in [1.54, 1.807) is 17.4 Å². The lowest BCUT2D eigenvalue weighted by molar-refractivity contribution is 1.28. The summed E-state index contributed by atoms with van der Waals surface area (Å²) in [5, 5.41) is 3.41. The summed E-state index contributed by atoms with van der Waals surface area (Å²) in [7, 11) is 0. The van der Waals surface area contributed by atoms with Gasteiger partial charge in [-0.1, -0.05) is 167 Å². The van der Waals surface area contributed by atoms with Crippen molar-refractivity contribution in [3.8, 4) is 22.3 Å². The topological polar surface area (TPSA) is 6.48 Å². The van der Waals surface area contributed by atoms with Crippen LogP contribution in [0.2, 0.25) is 0 Å². The van der Waals surface area contributed by atoms with E-state index in [0.717, 1.165) is 62.1 Å². The largest absolute Gasteiger partial charge is 0.311 e. The molecule has 8 aromatic carbocycles. The number of aryl methyl sites for hydroxylation is 1. The van der Waals surface area contributed by atoms with E-state index >= 15 is 0 Å². The number of benzene rings is 8. The highest BCUT2D eigenvalue weighted by Gasteiger charge is 2.16. The standard InChI is InChI=1S/C50H38N2S.C9H12S.C2H6/c1-3-11-37(4-2)39-16-24-45(25-17-39)51(46-26-18-40(19-27-46)38-12-7-5-8-13-38)47-28-20-41(21-29-47)42-22-30-48(31-23-42)52(44-14-9-6-10-15-44)49-32-33-50-43(36-49)34-35-53-50;1-3-10-9-7-5-4-6-8(9)2;1-2/h3-36H,1-2H2;4-7H,3H2,1-2H3;1-2H3/b37-11+;;. The summed E-state index contributed by atoms with van der Waals surface area (Å²) in [5.74, 6) is 1.16. The first-order chi connectivity index (χ1) is 32.0. The minimum atomic E-state index is 1.04. The Hall–Kier alpha value is -7.11. The van der Waals surface area contributed by atoms with E-state index in [1.165, 1.54) is 31.7 Å². The molecular formula is C61H56N2S2. The molecule has 4 heteroatoms. The van der Waals surface area contributed by atoms with Gasteiger partial charge >= 0.3 is 0 Å². The molecule has 65 heavy (non-hydrogen) atoms. The van der Waals surface area contributed by atoms with E-state index in [1.807, 2.05) is 37.8 Å². The number of para-hydroxylation sites is 1. The van der Waals surface area contributed by atoms with E-state index in [9.17, 15) is 0 Å². The maximum atomic E-state index is 4.00. The van der Waals surface area contributed by atoms with Crippen molar-refractivity contribution in [1.29, 1.82) is 0 Å². The van der Waals surface area contributed by atoms with E-state index in [-0.39, 0.29) is 0 Å².